The smallest absolute Gasteiger partial charge is 0.235 e. The first-order valence-electron chi connectivity index (χ1n) is 8.79. The van der Waals surface area contributed by atoms with Gasteiger partial charge in [0.15, 0.2) is 0 Å². The third-order valence-electron chi connectivity index (χ3n) is 4.32. The number of benzene rings is 2. The van der Waals surface area contributed by atoms with Gasteiger partial charge in [-0.3, -0.25) is 0 Å². The fraction of sp³-hybridized carbons (Fsp3) is 0.190. The summed E-state index contributed by atoms with van der Waals surface area (Å²) in [7, 11) is -4.27. The molecule has 146 valence electrons. The van der Waals surface area contributed by atoms with E-state index in [1.54, 1.807) is 12.1 Å². The summed E-state index contributed by atoms with van der Waals surface area (Å²) in [6, 6.07) is 16.7. The van der Waals surface area contributed by atoms with Gasteiger partial charge in [0.25, 0.3) is 0 Å². The first-order chi connectivity index (χ1) is 13.3. The summed E-state index contributed by atoms with van der Waals surface area (Å²) < 4.78 is 35.0. The number of hydrogen-bond acceptors (Lipinski definition) is 5. The Hall–Kier alpha value is -2.06. The molecule has 0 atom stereocenters. The van der Waals surface area contributed by atoms with Gasteiger partial charge in [-0.05, 0) is 49.6 Å². The number of hydrogen-bond donors (Lipinski definition) is 0. The molecular weight excluding hydrogens is 410 g/mol. The van der Waals surface area contributed by atoms with Gasteiger partial charge in [-0.25, -0.2) is 8.42 Å². The quantitative estimate of drug-likeness (QED) is 0.333. The van der Waals surface area contributed by atoms with Gasteiger partial charge < -0.3 is 4.55 Å². The van der Waals surface area contributed by atoms with Crippen LogP contribution in [0.5, 0.6) is 0 Å². The molecule has 0 amide bonds. The lowest BCUT2D eigenvalue weighted by Gasteiger charge is -2.05. The summed E-state index contributed by atoms with van der Waals surface area (Å²) in [5.41, 5.74) is 3.68. The second kappa shape index (κ2) is 8.53. The van der Waals surface area contributed by atoms with Crippen LogP contribution in [0.3, 0.4) is 0 Å². The zero-order chi connectivity index (χ0) is 20.3. The van der Waals surface area contributed by atoms with Crippen LogP contribution in [-0.2, 0) is 16.7 Å². The van der Waals surface area contributed by atoms with E-state index in [1.165, 1.54) is 37.8 Å². The van der Waals surface area contributed by atoms with E-state index in [0.29, 0.717) is 0 Å². The Morgan fingerprint density at radius 3 is 2.29 bits per heavy atom. The van der Waals surface area contributed by atoms with Crippen LogP contribution < -0.4 is 4.57 Å². The summed E-state index contributed by atoms with van der Waals surface area (Å²) in [5.74, 6) is 0. The molecule has 4 nitrogen and oxygen atoms in total. The molecule has 0 spiro atoms. The number of para-hydroxylation sites is 1. The molecule has 0 radical (unpaired) electrons. The van der Waals surface area contributed by atoms with Crippen LogP contribution in [-0.4, -0.2) is 13.0 Å². The van der Waals surface area contributed by atoms with Crippen molar-refractivity contribution >= 4 is 43.0 Å². The van der Waals surface area contributed by atoms with Crippen molar-refractivity contribution < 1.29 is 17.5 Å². The Bertz CT molecular complexity index is 1180. The van der Waals surface area contributed by atoms with E-state index in [-0.39, 0.29) is 4.90 Å². The number of nitrogens with zero attached hydrogens (tertiary/aromatic N) is 1. The van der Waals surface area contributed by atoms with Gasteiger partial charge in [0.2, 0.25) is 10.5 Å². The van der Waals surface area contributed by atoms with Crippen molar-refractivity contribution in [2.45, 2.75) is 32.2 Å². The predicted molar refractivity (Wildman–Crippen MR) is 115 cm³/mol. The van der Waals surface area contributed by atoms with Crippen LogP contribution in [0.2, 0.25) is 0 Å². The minimum absolute atomic E-state index is 0.178. The summed E-state index contributed by atoms with van der Waals surface area (Å²) in [4.78, 5) is 1.18. The van der Waals surface area contributed by atoms with Gasteiger partial charge in [0.1, 0.15) is 21.4 Å². The Morgan fingerprint density at radius 1 is 1.00 bits per heavy atom. The predicted octanol–water partition coefficient (Wildman–Crippen LogP) is 5.14. The molecule has 2 aromatic carbocycles. The maximum Gasteiger partial charge on any atom is 0.235 e. The number of aromatic nitrogens is 1. The van der Waals surface area contributed by atoms with Gasteiger partial charge in [0, 0.05) is 11.8 Å². The van der Waals surface area contributed by atoms with Crippen molar-refractivity contribution in [3.63, 3.8) is 0 Å². The van der Waals surface area contributed by atoms with E-state index in [4.69, 9.17) is 0 Å². The van der Waals surface area contributed by atoms with Crippen LogP contribution in [0, 0.1) is 13.8 Å². The van der Waals surface area contributed by atoms with E-state index in [1.807, 2.05) is 29.6 Å². The van der Waals surface area contributed by atoms with Crippen LogP contribution in [0.4, 0.5) is 0 Å². The van der Waals surface area contributed by atoms with Gasteiger partial charge in [0.05, 0.1) is 10.5 Å². The molecule has 0 aliphatic heterocycles. The van der Waals surface area contributed by atoms with Crippen molar-refractivity contribution in [1.82, 2.24) is 0 Å². The molecule has 0 aliphatic rings. The molecule has 4 rings (SSSR count). The molecule has 0 fully saturated rings. The van der Waals surface area contributed by atoms with E-state index in [9.17, 15) is 13.0 Å². The van der Waals surface area contributed by atoms with Crippen molar-refractivity contribution in [2.24, 2.45) is 0 Å². The van der Waals surface area contributed by atoms with Gasteiger partial charge >= 0.3 is 0 Å². The molecule has 28 heavy (non-hydrogen) atoms. The number of rotatable bonds is 3. The summed E-state index contributed by atoms with van der Waals surface area (Å²) in [5, 5.41) is 3.52. The van der Waals surface area contributed by atoms with Gasteiger partial charge in [-0.1, -0.05) is 41.2 Å². The molecule has 0 unspecified atom stereocenters. The molecule has 4 aromatic rings. The Kier molecular flexibility index (Phi) is 6.30. The van der Waals surface area contributed by atoms with E-state index in [2.05, 4.69) is 54.1 Å². The summed E-state index contributed by atoms with van der Waals surface area (Å²) >= 11 is 3.69. The fourth-order valence-corrected chi connectivity index (χ4v) is 5.31. The maximum atomic E-state index is 10.4. The molecule has 2 aromatic heterocycles. The van der Waals surface area contributed by atoms with Crippen LogP contribution in [0.1, 0.15) is 17.5 Å². The molecular formula is C21H21NO3S3. The standard InChI is InChI=1S/C14H14NS2.C7H8O3S/c1-3-15-10(2)17-13-7-4-6-11(14(13)15)12-8-5-9-16-12;1-6-2-4-7(5-3-6)11(8,9)10/h4-9H,3H2,1-2H3;2-5H,1H3,(H,8,9,10)/q+1;/p-1. The molecule has 2 heterocycles. The molecule has 0 bridgehead atoms. The fourth-order valence-electron chi connectivity index (χ4n) is 2.97. The lowest BCUT2D eigenvalue weighted by atomic mass is 10.1. The topological polar surface area (TPSA) is 61.1 Å². The minimum atomic E-state index is -4.27. The minimum Gasteiger partial charge on any atom is -0.744 e. The molecule has 0 saturated carbocycles. The lowest BCUT2D eigenvalue weighted by Crippen LogP contribution is -2.33. The van der Waals surface area contributed by atoms with E-state index >= 15 is 0 Å². The third kappa shape index (κ3) is 4.50. The number of fused-ring (bicyclic) bond motifs is 1. The Balaban J connectivity index is 0.000000178. The highest BCUT2D eigenvalue weighted by molar-refractivity contribution is 7.85. The Labute approximate surface area is 173 Å². The third-order valence-corrected chi connectivity index (χ3v) is 7.14. The number of thiophene rings is 1. The van der Waals surface area contributed by atoms with E-state index in [0.717, 1.165) is 12.1 Å². The Morgan fingerprint density at radius 2 is 1.71 bits per heavy atom. The lowest BCUT2D eigenvalue weighted by molar-refractivity contribution is -0.669. The van der Waals surface area contributed by atoms with Crippen LogP contribution in [0.15, 0.2) is 64.9 Å². The largest absolute Gasteiger partial charge is 0.744 e. The number of aryl methyl sites for hydroxylation is 3. The van der Waals surface area contributed by atoms with E-state index < -0.39 is 10.1 Å². The monoisotopic (exact) mass is 431 g/mol. The summed E-state index contributed by atoms with van der Waals surface area (Å²) in [6.45, 7) is 7.27. The van der Waals surface area contributed by atoms with Crippen molar-refractivity contribution in [1.29, 1.82) is 0 Å². The number of thiazole rings is 1. The molecule has 0 saturated heterocycles. The molecule has 0 aliphatic carbocycles. The van der Waals surface area contributed by atoms with Crippen molar-refractivity contribution in [2.75, 3.05) is 0 Å². The second-order valence-corrected chi connectivity index (χ2v) is 9.82. The summed E-state index contributed by atoms with van der Waals surface area (Å²) in [6.07, 6.45) is 0. The molecule has 7 heteroatoms. The molecule has 0 N–H and O–H groups in total. The highest BCUT2D eigenvalue weighted by Crippen LogP contribution is 2.32. The van der Waals surface area contributed by atoms with Gasteiger partial charge in [-0.15, -0.1) is 11.3 Å². The van der Waals surface area contributed by atoms with Crippen LogP contribution in [0.25, 0.3) is 20.7 Å². The van der Waals surface area contributed by atoms with Crippen molar-refractivity contribution in [3.8, 4) is 10.4 Å². The highest BCUT2D eigenvalue weighted by atomic mass is 32.2. The second-order valence-electron chi connectivity index (χ2n) is 6.26. The first kappa shape index (κ1) is 20.7. The highest BCUT2D eigenvalue weighted by Gasteiger charge is 2.20. The zero-order valence-electron chi connectivity index (χ0n) is 15.9. The average molecular weight is 432 g/mol. The zero-order valence-corrected chi connectivity index (χ0v) is 18.3. The SMILES string of the molecule is CC[n+]1c(C)sc2cccc(-c3cccs3)c21.Cc1ccc(S(=O)(=O)[O-])cc1. The first-order valence-corrected chi connectivity index (χ1v) is 11.9. The van der Waals surface area contributed by atoms with Crippen molar-refractivity contribution in [3.05, 3.63) is 70.5 Å². The maximum absolute atomic E-state index is 10.4. The normalized spacial score (nSPS) is 11.3. The average Bonchev–Trinajstić information content (AvgIpc) is 3.28. The van der Waals surface area contributed by atoms with Crippen LogP contribution >= 0.6 is 22.7 Å². The van der Waals surface area contributed by atoms with Gasteiger partial charge in [-0.2, -0.15) is 4.57 Å².